The number of H-pyrrole nitrogens is 1. The quantitative estimate of drug-likeness (QED) is 0.569. The third kappa shape index (κ3) is 5.04. The summed E-state index contributed by atoms with van der Waals surface area (Å²) in [5, 5.41) is 7.34. The van der Waals surface area contributed by atoms with Crippen LogP contribution in [0.15, 0.2) is 36.5 Å². The Kier molecular flexibility index (Phi) is 6.03. The van der Waals surface area contributed by atoms with E-state index in [0.717, 1.165) is 24.2 Å². The SMILES string of the molecule is Cc1cc(C(=O)NCCN(C)C)nc(NCCc2c[nH]c3ccccc23)n1. The molecule has 0 aliphatic carbocycles. The molecule has 2 heterocycles. The summed E-state index contributed by atoms with van der Waals surface area (Å²) in [4.78, 5) is 26.3. The summed E-state index contributed by atoms with van der Waals surface area (Å²) >= 11 is 0. The molecule has 1 amide bonds. The van der Waals surface area contributed by atoms with Crippen LogP contribution in [0.4, 0.5) is 5.95 Å². The van der Waals surface area contributed by atoms with Crippen LogP contribution in [-0.2, 0) is 6.42 Å². The molecule has 0 saturated carbocycles. The van der Waals surface area contributed by atoms with Crippen molar-refractivity contribution in [3.8, 4) is 0 Å². The van der Waals surface area contributed by atoms with Gasteiger partial charge in [-0.1, -0.05) is 18.2 Å². The Balaban J connectivity index is 1.60. The van der Waals surface area contributed by atoms with Crippen LogP contribution in [0, 0.1) is 6.92 Å². The molecule has 3 N–H and O–H groups in total. The molecule has 142 valence electrons. The van der Waals surface area contributed by atoms with E-state index < -0.39 is 0 Å². The molecule has 7 nitrogen and oxygen atoms in total. The van der Waals surface area contributed by atoms with Crippen LogP contribution in [-0.4, -0.2) is 59.5 Å². The number of para-hydroxylation sites is 1. The van der Waals surface area contributed by atoms with E-state index in [1.807, 2.05) is 44.2 Å². The lowest BCUT2D eigenvalue weighted by molar-refractivity contribution is 0.0946. The smallest absolute Gasteiger partial charge is 0.270 e. The number of carbonyl (C=O) groups is 1. The molecule has 3 aromatic rings. The second kappa shape index (κ2) is 8.64. The monoisotopic (exact) mass is 366 g/mol. The zero-order chi connectivity index (χ0) is 19.2. The Labute approximate surface area is 159 Å². The largest absolute Gasteiger partial charge is 0.361 e. The standard InChI is InChI=1S/C20H26N6O/c1-14-12-18(19(27)21-10-11-26(2)3)25-20(24-14)22-9-8-15-13-23-17-7-5-4-6-16(15)17/h4-7,12-13,23H,8-11H2,1-3H3,(H,21,27)(H,22,24,25). The van der Waals surface area contributed by atoms with Gasteiger partial charge in [-0.3, -0.25) is 4.79 Å². The molecule has 27 heavy (non-hydrogen) atoms. The normalized spacial score (nSPS) is 11.1. The van der Waals surface area contributed by atoms with Crippen LogP contribution in [0.2, 0.25) is 0 Å². The molecule has 0 unspecified atom stereocenters. The first-order chi connectivity index (χ1) is 13.0. The topological polar surface area (TPSA) is 85.9 Å². The first-order valence-corrected chi connectivity index (χ1v) is 9.10. The summed E-state index contributed by atoms with van der Waals surface area (Å²) < 4.78 is 0. The van der Waals surface area contributed by atoms with Gasteiger partial charge in [0.2, 0.25) is 5.95 Å². The predicted octanol–water partition coefficient (Wildman–Crippen LogP) is 2.21. The lowest BCUT2D eigenvalue weighted by Gasteiger charge is -2.11. The van der Waals surface area contributed by atoms with Crippen molar-refractivity contribution in [2.75, 3.05) is 39.0 Å². The van der Waals surface area contributed by atoms with Crippen LogP contribution in [0.3, 0.4) is 0 Å². The number of likely N-dealkylation sites (N-methyl/N-ethyl adjacent to an activating group) is 1. The summed E-state index contributed by atoms with van der Waals surface area (Å²) in [6.07, 6.45) is 2.87. The van der Waals surface area contributed by atoms with Gasteiger partial charge >= 0.3 is 0 Å². The number of nitrogens with one attached hydrogen (secondary N) is 3. The zero-order valence-electron chi connectivity index (χ0n) is 16.0. The number of benzene rings is 1. The third-order valence-electron chi connectivity index (χ3n) is 4.28. The number of carbonyl (C=O) groups excluding carboxylic acids is 1. The lowest BCUT2D eigenvalue weighted by Crippen LogP contribution is -2.32. The summed E-state index contributed by atoms with van der Waals surface area (Å²) in [6.45, 7) is 3.92. The number of aromatic nitrogens is 3. The van der Waals surface area contributed by atoms with Crippen LogP contribution in [0.25, 0.3) is 10.9 Å². The van der Waals surface area contributed by atoms with Gasteiger partial charge in [-0.2, -0.15) is 0 Å². The molecule has 0 radical (unpaired) electrons. The number of aryl methyl sites for hydroxylation is 1. The highest BCUT2D eigenvalue weighted by Gasteiger charge is 2.10. The number of anilines is 1. The van der Waals surface area contributed by atoms with Gasteiger partial charge in [-0.15, -0.1) is 0 Å². The number of fused-ring (bicyclic) bond motifs is 1. The molecule has 0 atom stereocenters. The van der Waals surface area contributed by atoms with Crippen LogP contribution in [0.1, 0.15) is 21.7 Å². The maximum absolute atomic E-state index is 12.3. The van der Waals surface area contributed by atoms with Gasteiger partial charge in [0, 0.05) is 42.4 Å². The molecule has 0 fully saturated rings. The Morgan fingerprint density at radius 1 is 1.19 bits per heavy atom. The molecule has 0 aliphatic heterocycles. The highest BCUT2D eigenvalue weighted by molar-refractivity contribution is 5.92. The number of rotatable bonds is 8. The van der Waals surface area contributed by atoms with E-state index in [0.29, 0.717) is 24.7 Å². The number of amides is 1. The second-order valence-corrected chi connectivity index (χ2v) is 6.81. The minimum atomic E-state index is -0.179. The molecule has 0 bridgehead atoms. The summed E-state index contributed by atoms with van der Waals surface area (Å²) in [6, 6.07) is 9.94. The molecule has 3 rings (SSSR count). The minimum Gasteiger partial charge on any atom is -0.361 e. The number of hydrogen-bond acceptors (Lipinski definition) is 5. The fraction of sp³-hybridized carbons (Fsp3) is 0.350. The molecule has 0 aliphatic rings. The van der Waals surface area contributed by atoms with Gasteiger partial charge in [0.25, 0.3) is 5.91 Å². The summed E-state index contributed by atoms with van der Waals surface area (Å²) in [5.74, 6) is 0.301. The third-order valence-corrected chi connectivity index (χ3v) is 4.28. The number of nitrogens with zero attached hydrogens (tertiary/aromatic N) is 3. The van der Waals surface area contributed by atoms with Crippen LogP contribution < -0.4 is 10.6 Å². The van der Waals surface area contributed by atoms with Crippen molar-refractivity contribution >= 4 is 22.8 Å². The fourth-order valence-corrected chi connectivity index (χ4v) is 2.89. The van der Waals surface area contributed by atoms with Gasteiger partial charge in [-0.05, 0) is 45.1 Å². The number of aromatic amines is 1. The average Bonchev–Trinajstić information content (AvgIpc) is 3.04. The van der Waals surface area contributed by atoms with Crippen molar-refractivity contribution in [1.29, 1.82) is 0 Å². The summed E-state index contributed by atoms with van der Waals surface area (Å²) in [5.41, 5.74) is 3.52. The van der Waals surface area contributed by atoms with Crippen molar-refractivity contribution in [1.82, 2.24) is 25.2 Å². The van der Waals surface area contributed by atoms with E-state index >= 15 is 0 Å². The van der Waals surface area contributed by atoms with E-state index in [9.17, 15) is 4.79 Å². The fourth-order valence-electron chi connectivity index (χ4n) is 2.89. The molecule has 2 aromatic heterocycles. The van der Waals surface area contributed by atoms with Gasteiger partial charge in [-0.25, -0.2) is 9.97 Å². The molecule has 1 aromatic carbocycles. The van der Waals surface area contributed by atoms with Crippen molar-refractivity contribution in [3.63, 3.8) is 0 Å². The van der Waals surface area contributed by atoms with Crippen molar-refractivity contribution in [2.45, 2.75) is 13.3 Å². The Hall–Kier alpha value is -2.93. The van der Waals surface area contributed by atoms with Crippen molar-refractivity contribution < 1.29 is 4.79 Å². The van der Waals surface area contributed by atoms with E-state index in [2.05, 4.69) is 37.7 Å². The lowest BCUT2D eigenvalue weighted by atomic mass is 10.1. The van der Waals surface area contributed by atoms with Crippen LogP contribution >= 0.6 is 0 Å². The molecular weight excluding hydrogens is 340 g/mol. The maximum atomic E-state index is 12.3. The first-order valence-electron chi connectivity index (χ1n) is 9.10. The highest BCUT2D eigenvalue weighted by Crippen LogP contribution is 2.18. The average molecular weight is 366 g/mol. The Morgan fingerprint density at radius 2 is 2.00 bits per heavy atom. The van der Waals surface area contributed by atoms with Crippen LogP contribution in [0.5, 0.6) is 0 Å². The van der Waals surface area contributed by atoms with Crippen molar-refractivity contribution in [2.24, 2.45) is 0 Å². The Morgan fingerprint density at radius 3 is 2.81 bits per heavy atom. The number of hydrogen-bond donors (Lipinski definition) is 3. The highest BCUT2D eigenvalue weighted by atomic mass is 16.1. The molecular formula is C20H26N6O. The first kappa shape index (κ1) is 18.8. The minimum absolute atomic E-state index is 0.179. The molecule has 0 saturated heterocycles. The summed E-state index contributed by atoms with van der Waals surface area (Å²) in [7, 11) is 3.94. The predicted molar refractivity (Wildman–Crippen MR) is 108 cm³/mol. The zero-order valence-corrected chi connectivity index (χ0v) is 16.0. The van der Waals surface area contributed by atoms with E-state index in [1.54, 1.807) is 6.07 Å². The van der Waals surface area contributed by atoms with Crippen molar-refractivity contribution in [3.05, 3.63) is 53.5 Å². The Bertz CT molecular complexity index is 918. The molecule has 7 heteroatoms. The van der Waals surface area contributed by atoms with Gasteiger partial charge in [0.05, 0.1) is 0 Å². The van der Waals surface area contributed by atoms with E-state index in [-0.39, 0.29) is 5.91 Å². The maximum Gasteiger partial charge on any atom is 0.270 e. The van der Waals surface area contributed by atoms with Gasteiger partial charge in [0.15, 0.2) is 0 Å². The van der Waals surface area contributed by atoms with E-state index in [1.165, 1.54) is 10.9 Å². The van der Waals surface area contributed by atoms with E-state index in [4.69, 9.17) is 0 Å². The van der Waals surface area contributed by atoms with Gasteiger partial charge < -0.3 is 20.5 Å². The second-order valence-electron chi connectivity index (χ2n) is 6.81. The van der Waals surface area contributed by atoms with Gasteiger partial charge in [0.1, 0.15) is 5.69 Å². The molecule has 0 spiro atoms.